The van der Waals surface area contributed by atoms with Gasteiger partial charge in [-0.1, -0.05) is 42.1 Å². The standard InChI is InChI=1S/C23H26FN5OS/c1-17-9-10-18(13-20(17)24)14-25-22(30)16-31-23-27-26-21(15-28-11-5-6-12-28)29(23)19-7-3-2-4-8-19/h2-4,7-10,13H,5-6,11-12,14-16H2,1H3,(H,25,30). The molecule has 3 aromatic rings. The van der Waals surface area contributed by atoms with Crippen LogP contribution in [0.25, 0.3) is 5.69 Å². The number of aryl methyl sites for hydroxylation is 1. The van der Waals surface area contributed by atoms with E-state index in [2.05, 4.69) is 20.4 Å². The molecule has 1 amide bonds. The van der Waals surface area contributed by atoms with Crippen LogP contribution in [0.2, 0.25) is 0 Å². The van der Waals surface area contributed by atoms with E-state index in [1.165, 1.54) is 30.7 Å². The number of para-hydroxylation sites is 1. The van der Waals surface area contributed by atoms with Crippen molar-refractivity contribution in [3.8, 4) is 5.69 Å². The van der Waals surface area contributed by atoms with Crippen LogP contribution in [0.1, 0.15) is 29.8 Å². The smallest absolute Gasteiger partial charge is 0.230 e. The third kappa shape index (κ3) is 5.51. The molecule has 4 rings (SSSR count). The second kappa shape index (κ2) is 10.1. The first kappa shape index (κ1) is 21.5. The van der Waals surface area contributed by atoms with E-state index in [0.717, 1.165) is 36.7 Å². The van der Waals surface area contributed by atoms with Crippen LogP contribution in [0.15, 0.2) is 53.7 Å². The van der Waals surface area contributed by atoms with Gasteiger partial charge < -0.3 is 5.32 Å². The lowest BCUT2D eigenvalue weighted by atomic mass is 10.1. The first-order chi connectivity index (χ1) is 15.1. The lowest BCUT2D eigenvalue weighted by Gasteiger charge is -2.16. The zero-order valence-electron chi connectivity index (χ0n) is 17.6. The van der Waals surface area contributed by atoms with Crippen LogP contribution in [0.4, 0.5) is 4.39 Å². The number of hydrogen-bond donors (Lipinski definition) is 1. The van der Waals surface area contributed by atoms with E-state index in [1.807, 2.05) is 41.0 Å². The van der Waals surface area contributed by atoms with Crippen LogP contribution < -0.4 is 5.32 Å². The highest BCUT2D eigenvalue weighted by atomic mass is 32.2. The van der Waals surface area contributed by atoms with E-state index < -0.39 is 0 Å². The third-order valence-corrected chi connectivity index (χ3v) is 6.27. The molecule has 0 radical (unpaired) electrons. The molecule has 31 heavy (non-hydrogen) atoms. The molecule has 1 saturated heterocycles. The number of thioether (sulfide) groups is 1. The zero-order chi connectivity index (χ0) is 21.6. The molecule has 0 aliphatic carbocycles. The molecule has 0 bridgehead atoms. The molecular weight excluding hydrogens is 413 g/mol. The molecule has 0 saturated carbocycles. The van der Waals surface area contributed by atoms with E-state index in [0.29, 0.717) is 17.3 Å². The topological polar surface area (TPSA) is 63.1 Å². The summed E-state index contributed by atoms with van der Waals surface area (Å²) >= 11 is 1.35. The summed E-state index contributed by atoms with van der Waals surface area (Å²) in [6.07, 6.45) is 2.43. The number of hydrogen-bond acceptors (Lipinski definition) is 5. The zero-order valence-corrected chi connectivity index (χ0v) is 18.4. The number of halogens is 1. The second-order valence-corrected chi connectivity index (χ2v) is 8.64. The molecular formula is C23H26FN5OS. The summed E-state index contributed by atoms with van der Waals surface area (Å²) in [5, 5.41) is 12.3. The summed E-state index contributed by atoms with van der Waals surface area (Å²) in [6, 6.07) is 15.0. The van der Waals surface area contributed by atoms with Gasteiger partial charge in [0.05, 0.1) is 12.3 Å². The minimum Gasteiger partial charge on any atom is -0.351 e. The maximum Gasteiger partial charge on any atom is 0.230 e. The van der Waals surface area contributed by atoms with Crippen molar-refractivity contribution < 1.29 is 9.18 Å². The van der Waals surface area contributed by atoms with Crippen molar-refractivity contribution in [2.75, 3.05) is 18.8 Å². The Morgan fingerprint density at radius 3 is 2.65 bits per heavy atom. The van der Waals surface area contributed by atoms with Crippen LogP contribution in [0.3, 0.4) is 0 Å². The van der Waals surface area contributed by atoms with Gasteiger partial charge in [-0.15, -0.1) is 10.2 Å². The molecule has 1 aromatic heterocycles. The molecule has 162 valence electrons. The highest BCUT2D eigenvalue weighted by Gasteiger charge is 2.20. The number of amides is 1. The summed E-state index contributed by atoms with van der Waals surface area (Å²) in [5.74, 6) is 0.701. The Hall–Kier alpha value is -2.71. The lowest BCUT2D eigenvalue weighted by Crippen LogP contribution is -2.25. The number of benzene rings is 2. The normalized spacial score (nSPS) is 14.1. The van der Waals surface area contributed by atoms with Crippen molar-refractivity contribution in [3.05, 3.63) is 71.3 Å². The molecule has 1 aliphatic heterocycles. The van der Waals surface area contributed by atoms with Gasteiger partial charge in [-0.2, -0.15) is 0 Å². The first-order valence-electron chi connectivity index (χ1n) is 10.5. The maximum absolute atomic E-state index is 13.7. The number of carbonyl (C=O) groups is 1. The lowest BCUT2D eigenvalue weighted by molar-refractivity contribution is -0.118. The van der Waals surface area contributed by atoms with E-state index in [9.17, 15) is 9.18 Å². The van der Waals surface area contributed by atoms with E-state index in [-0.39, 0.29) is 17.5 Å². The van der Waals surface area contributed by atoms with Gasteiger partial charge in [0.2, 0.25) is 5.91 Å². The van der Waals surface area contributed by atoms with Gasteiger partial charge in [0, 0.05) is 12.2 Å². The molecule has 2 heterocycles. The van der Waals surface area contributed by atoms with Gasteiger partial charge in [0.1, 0.15) is 5.82 Å². The third-order valence-electron chi connectivity index (χ3n) is 5.34. The SMILES string of the molecule is Cc1ccc(CNC(=O)CSc2nnc(CN3CCCC3)n2-c2ccccc2)cc1F. The van der Waals surface area contributed by atoms with Crippen LogP contribution in [0, 0.1) is 12.7 Å². The highest BCUT2D eigenvalue weighted by Crippen LogP contribution is 2.23. The Morgan fingerprint density at radius 1 is 1.13 bits per heavy atom. The Labute approximate surface area is 185 Å². The minimum atomic E-state index is -0.261. The minimum absolute atomic E-state index is 0.130. The summed E-state index contributed by atoms with van der Waals surface area (Å²) in [7, 11) is 0. The van der Waals surface area contributed by atoms with E-state index in [4.69, 9.17) is 0 Å². The van der Waals surface area contributed by atoms with Gasteiger partial charge >= 0.3 is 0 Å². The molecule has 1 fully saturated rings. The fraction of sp³-hybridized carbons (Fsp3) is 0.348. The average Bonchev–Trinajstić information content (AvgIpc) is 3.44. The molecule has 1 aliphatic rings. The van der Waals surface area contributed by atoms with Gasteiger partial charge in [-0.05, 0) is 62.2 Å². The molecule has 0 unspecified atom stereocenters. The molecule has 8 heteroatoms. The summed E-state index contributed by atoms with van der Waals surface area (Å²) < 4.78 is 15.7. The number of likely N-dealkylation sites (tertiary alicyclic amines) is 1. The van der Waals surface area contributed by atoms with Gasteiger partial charge in [0.15, 0.2) is 11.0 Å². The summed E-state index contributed by atoms with van der Waals surface area (Å²) in [6.45, 7) is 4.91. The second-order valence-electron chi connectivity index (χ2n) is 7.70. The van der Waals surface area contributed by atoms with Gasteiger partial charge in [-0.25, -0.2) is 4.39 Å². The Balaban J connectivity index is 1.41. The quantitative estimate of drug-likeness (QED) is 0.542. The van der Waals surface area contributed by atoms with Gasteiger partial charge in [-0.3, -0.25) is 14.3 Å². The van der Waals surface area contributed by atoms with Crippen LogP contribution >= 0.6 is 11.8 Å². The summed E-state index contributed by atoms with van der Waals surface area (Å²) in [4.78, 5) is 14.8. The molecule has 6 nitrogen and oxygen atoms in total. The maximum atomic E-state index is 13.7. The number of nitrogens with zero attached hydrogens (tertiary/aromatic N) is 4. The van der Waals surface area contributed by atoms with Crippen LogP contribution in [-0.4, -0.2) is 44.4 Å². The number of carbonyl (C=O) groups excluding carboxylic acids is 1. The first-order valence-corrected chi connectivity index (χ1v) is 11.5. The fourth-order valence-corrected chi connectivity index (χ4v) is 4.40. The Bertz CT molecular complexity index is 1030. The molecule has 1 N–H and O–H groups in total. The number of nitrogens with one attached hydrogen (secondary N) is 1. The fourth-order valence-electron chi connectivity index (χ4n) is 3.60. The van der Waals surface area contributed by atoms with Crippen LogP contribution in [0.5, 0.6) is 0 Å². The monoisotopic (exact) mass is 439 g/mol. The van der Waals surface area contributed by atoms with Gasteiger partial charge in [0.25, 0.3) is 0 Å². The van der Waals surface area contributed by atoms with Crippen molar-refractivity contribution in [2.45, 2.75) is 38.0 Å². The largest absolute Gasteiger partial charge is 0.351 e. The molecule has 2 aromatic carbocycles. The van der Waals surface area contributed by atoms with Crippen LogP contribution in [-0.2, 0) is 17.9 Å². The molecule has 0 spiro atoms. The number of rotatable bonds is 8. The molecule has 0 atom stereocenters. The average molecular weight is 440 g/mol. The number of aromatic nitrogens is 3. The Morgan fingerprint density at radius 2 is 1.90 bits per heavy atom. The summed E-state index contributed by atoms with van der Waals surface area (Å²) in [5.41, 5.74) is 2.32. The Kier molecular flexibility index (Phi) is 6.99. The van der Waals surface area contributed by atoms with Crippen molar-refractivity contribution in [2.24, 2.45) is 0 Å². The van der Waals surface area contributed by atoms with E-state index >= 15 is 0 Å². The predicted molar refractivity (Wildman–Crippen MR) is 120 cm³/mol. The van der Waals surface area contributed by atoms with Crippen molar-refractivity contribution in [1.29, 1.82) is 0 Å². The van der Waals surface area contributed by atoms with E-state index in [1.54, 1.807) is 13.0 Å². The van der Waals surface area contributed by atoms with Crippen molar-refractivity contribution in [1.82, 2.24) is 25.0 Å². The van der Waals surface area contributed by atoms with Crippen molar-refractivity contribution in [3.63, 3.8) is 0 Å². The predicted octanol–water partition coefficient (Wildman–Crippen LogP) is 3.72. The highest BCUT2D eigenvalue weighted by molar-refractivity contribution is 7.99. The van der Waals surface area contributed by atoms with Crippen molar-refractivity contribution >= 4 is 17.7 Å².